The van der Waals surface area contributed by atoms with Gasteiger partial charge < -0.3 is 45.2 Å². The second kappa shape index (κ2) is 19.3. The van der Waals surface area contributed by atoms with Gasteiger partial charge in [-0.15, -0.1) is 0 Å². The number of methoxy groups -OCH3 is 1. The fourth-order valence-corrected chi connectivity index (χ4v) is 9.42. The Balaban J connectivity index is 0.884. The van der Waals surface area contributed by atoms with Crippen molar-refractivity contribution >= 4 is 35.0 Å². The number of β-amino-alcohol motifs (C(OH)–C–C–N with tert-alkyl or cyclic N) is 1. The molecule has 0 saturated carbocycles. The summed E-state index contributed by atoms with van der Waals surface area (Å²) in [5, 5.41) is 30.9. The number of aryl methyl sites for hydroxylation is 1. The average molecular weight is 916 g/mol. The molecule has 0 radical (unpaired) electrons. The fourth-order valence-electron chi connectivity index (χ4n) is 9.42. The van der Waals surface area contributed by atoms with Crippen LogP contribution in [0, 0.1) is 5.41 Å². The molecule has 5 N–H and O–H groups in total. The number of anilines is 2. The summed E-state index contributed by atoms with van der Waals surface area (Å²) in [7, 11) is 5.41. The molecule has 4 amide bonds. The van der Waals surface area contributed by atoms with Crippen LogP contribution in [-0.2, 0) is 26.2 Å². The number of carbonyl (C=O) groups is 4. The van der Waals surface area contributed by atoms with Gasteiger partial charge in [0.1, 0.15) is 29.6 Å². The van der Waals surface area contributed by atoms with Gasteiger partial charge in [0.05, 0.1) is 47.6 Å². The second-order valence-corrected chi connectivity index (χ2v) is 19.1. The van der Waals surface area contributed by atoms with Gasteiger partial charge in [0, 0.05) is 70.3 Å². The maximum Gasteiger partial charge on any atom is 0.274 e. The number of nitrogens with zero attached hydrogens (tertiary/aromatic N) is 7. The molecule has 3 fully saturated rings. The summed E-state index contributed by atoms with van der Waals surface area (Å²) in [6, 6.07) is 20.1. The Labute approximate surface area is 390 Å². The smallest absolute Gasteiger partial charge is 0.274 e. The molecular formula is C49H61N11O7. The SMILES string of the molecule is COc1cc(N2CCC3(CC2)CN(C)C[C@H](C(=O)N[C@H](C(=O)N2C[C@H](O)C[C@H]2C(=O)N[C@@H](C)c2ccc(-c4ccnn4C)cc2)C(C)(C)C)O3)ccc1NC(=O)c1cccc(-c2ccn[nH]2)n1. The number of ether oxygens (including phenoxy) is 2. The standard InChI is InChI=1S/C49H61N11O7/c1-30(31-11-13-32(14-12-31)39-18-22-51-58(39)6)52-45(63)40-26-34(61)27-60(40)47(65)43(48(2,3)4)55-46(64)42-28-57(5)29-49(67-42)19-23-59(24-20-49)33-15-16-37(41(25-33)66-7)54-44(62)38-10-8-9-35(53-38)36-17-21-50-56-36/h8-18,21-22,25,30,34,40,42-43,61H,19-20,23-24,26-29H2,1-7H3,(H,50,56)(H,52,63)(H,54,62)(H,55,64)/t30-,34+,40-,42+,43+/m0/s1. The number of hydrogen-bond donors (Lipinski definition) is 5. The van der Waals surface area contributed by atoms with Crippen LogP contribution < -0.4 is 25.6 Å². The molecule has 1 spiro atoms. The molecule has 2 aromatic carbocycles. The molecule has 5 aromatic rings. The highest BCUT2D eigenvalue weighted by Crippen LogP contribution is 2.37. The van der Waals surface area contributed by atoms with Gasteiger partial charge in [-0.2, -0.15) is 10.2 Å². The highest BCUT2D eigenvalue weighted by atomic mass is 16.5. The van der Waals surface area contributed by atoms with Gasteiger partial charge in [-0.3, -0.25) is 29.0 Å². The number of carbonyl (C=O) groups excluding carboxylic acids is 4. The highest BCUT2D eigenvalue weighted by Gasteiger charge is 2.48. The number of aliphatic hydroxyl groups excluding tert-OH is 1. The zero-order valence-electron chi connectivity index (χ0n) is 39.2. The number of rotatable bonds is 12. The first kappa shape index (κ1) is 46.9. The van der Waals surface area contributed by atoms with E-state index >= 15 is 0 Å². The topological polar surface area (TPSA) is 212 Å². The molecule has 354 valence electrons. The number of morpholine rings is 1. The third kappa shape index (κ3) is 10.4. The van der Waals surface area contributed by atoms with Crippen molar-refractivity contribution in [2.45, 2.75) is 82.9 Å². The molecular weight excluding hydrogens is 855 g/mol. The van der Waals surface area contributed by atoms with Gasteiger partial charge in [0.25, 0.3) is 11.8 Å². The first-order valence-corrected chi connectivity index (χ1v) is 22.8. The van der Waals surface area contributed by atoms with Crippen molar-refractivity contribution in [2.75, 3.05) is 57.1 Å². The van der Waals surface area contributed by atoms with Crippen molar-refractivity contribution < 1.29 is 33.8 Å². The molecule has 0 unspecified atom stereocenters. The van der Waals surface area contributed by atoms with E-state index in [4.69, 9.17) is 9.47 Å². The van der Waals surface area contributed by atoms with Crippen molar-refractivity contribution in [3.8, 4) is 28.4 Å². The fraction of sp³-hybridized carbons (Fsp3) is 0.449. The van der Waals surface area contributed by atoms with Crippen molar-refractivity contribution in [2.24, 2.45) is 12.5 Å². The van der Waals surface area contributed by atoms with Crippen molar-refractivity contribution in [3.05, 3.63) is 96.4 Å². The minimum atomic E-state index is -1.00. The number of hydrogen-bond acceptors (Lipinski definition) is 12. The Morgan fingerprint density at radius 3 is 2.37 bits per heavy atom. The number of pyridine rings is 1. The molecule has 18 heteroatoms. The molecule has 3 aromatic heterocycles. The van der Waals surface area contributed by atoms with E-state index in [9.17, 15) is 24.3 Å². The van der Waals surface area contributed by atoms with E-state index in [-0.39, 0.29) is 36.5 Å². The van der Waals surface area contributed by atoms with Gasteiger partial charge in [0.2, 0.25) is 11.8 Å². The number of likely N-dealkylation sites (tertiary alicyclic amines) is 1. The minimum Gasteiger partial charge on any atom is -0.494 e. The number of aliphatic hydroxyl groups is 1. The van der Waals surface area contributed by atoms with Crippen LogP contribution in [0.25, 0.3) is 22.6 Å². The molecule has 8 rings (SSSR count). The lowest BCUT2D eigenvalue weighted by molar-refractivity contribution is -0.176. The number of likely N-dealkylation sites (N-methyl/N-ethyl adjacent to an activating group) is 1. The van der Waals surface area contributed by atoms with Crippen LogP contribution in [0.3, 0.4) is 0 Å². The Bertz CT molecular complexity index is 2570. The Hall–Kier alpha value is -6.63. The number of nitrogens with one attached hydrogen (secondary N) is 4. The summed E-state index contributed by atoms with van der Waals surface area (Å²) in [6.07, 6.45) is 2.97. The third-order valence-corrected chi connectivity index (χ3v) is 13.1. The van der Waals surface area contributed by atoms with E-state index in [0.29, 0.717) is 61.8 Å². The van der Waals surface area contributed by atoms with Crippen molar-refractivity contribution in [3.63, 3.8) is 0 Å². The van der Waals surface area contributed by atoms with Crippen LogP contribution in [0.5, 0.6) is 5.75 Å². The van der Waals surface area contributed by atoms with Crippen LogP contribution in [0.1, 0.15) is 69.1 Å². The third-order valence-electron chi connectivity index (χ3n) is 13.1. The second-order valence-electron chi connectivity index (χ2n) is 19.1. The lowest BCUT2D eigenvalue weighted by Gasteiger charge is -2.49. The van der Waals surface area contributed by atoms with Crippen LogP contribution in [0.2, 0.25) is 0 Å². The van der Waals surface area contributed by atoms with Gasteiger partial charge in [0.15, 0.2) is 0 Å². The molecule has 67 heavy (non-hydrogen) atoms. The first-order chi connectivity index (χ1) is 32.0. The monoisotopic (exact) mass is 915 g/mol. The number of amides is 4. The maximum absolute atomic E-state index is 14.5. The summed E-state index contributed by atoms with van der Waals surface area (Å²) in [4.78, 5) is 66.1. The average Bonchev–Trinajstić information content (AvgIpc) is 4.10. The summed E-state index contributed by atoms with van der Waals surface area (Å²) in [5.74, 6) is -1.10. The molecule has 0 bridgehead atoms. The van der Waals surface area contributed by atoms with Crippen LogP contribution >= 0.6 is 0 Å². The number of aromatic nitrogens is 5. The van der Waals surface area contributed by atoms with Gasteiger partial charge in [-0.05, 0) is 79.8 Å². The van der Waals surface area contributed by atoms with E-state index < -0.39 is 47.1 Å². The summed E-state index contributed by atoms with van der Waals surface area (Å²) in [5.41, 5.74) is 4.46. The summed E-state index contributed by atoms with van der Waals surface area (Å²) < 4.78 is 14.2. The largest absolute Gasteiger partial charge is 0.494 e. The normalized spacial score (nSPS) is 20.6. The van der Waals surface area contributed by atoms with E-state index in [0.717, 1.165) is 22.5 Å². The van der Waals surface area contributed by atoms with Gasteiger partial charge in [-0.1, -0.05) is 51.1 Å². The highest BCUT2D eigenvalue weighted by molar-refractivity contribution is 6.04. The van der Waals surface area contributed by atoms with Crippen molar-refractivity contribution in [1.82, 2.24) is 45.4 Å². The zero-order chi connectivity index (χ0) is 47.6. The lowest BCUT2D eigenvalue weighted by Crippen LogP contribution is -2.64. The van der Waals surface area contributed by atoms with E-state index in [1.165, 1.54) is 4.90 Å². The molecule has 18 nitrogen and oxygen atoms in total. The predicted octanol–water partition coefficient (Wildman–Crippen LogP) is 4.17. The van der Waals surface area contributed by atoms with E-state index in [1.807, 2.05) is 90.3 Å². The lowest BCUT2D eigenvalue weighted by atomic mass is 9.85. The Morgan fingerprint density at radius 2 is 1.70 bits per heavy atom. The zero-order valence-corrected chi connectivity index (χ0v) is 39.2. The molecule has 3 aliphatic rings. The number of piperidine rings is 1. The Morgan fingerprint density at radius 1 is 0.940 bits per heavy atom. The minimum absolute atomic E-state index is 0.0299. The van der Waals surface area contributed by atoms with Crippen LogP contribution in [0.4, 0.5) is 11.4 Å². The number of H-pyrrole nitrogens is 1. The van der Waals surface area contributed by atoms with Crippen LogP contribution in [-0.4, -0.2) is 140 Å². The number of aromatic amines is 1. The maximum atomic E-state index is 14.5. The van der Waals surface area contributed by atoms with Crippen molar-refractivity contribution in [1.29, 1.82) is 0 Å². The van der Waals surface area contributed by atoms with Gasteiger partial charge in [-0.25, -0.2) is 4.98 Å². The summed E-state index contributed by atoms with van der Waals surface area (Å²) >= 11 is 0. The van der Waals surface area contributed by atoms with Crippen LogP contribution in [0.15, 0.2) is 85.2 Å². The quantitative estimate of drug-likeness (QED) is 0.119. The molecule has 6 heterocycles. The van der Waals surface area contributed by atoms with Gasteiger partial charge >= 0.3 is 0 Å². The molecule has 5 atom stereocenters. The molecule has 3 aliphatic heterocycles. The predicted molar refractivity (Wildman–Crippen MR) is 252 cm³/mol. The van der Waals surface area contributed by atoms with E-state index in [1.54, 1.807) is 48.5 Å². The Kier molecular flexibility index (Phi) is 13.5. The molecule has 3 saturated heterocycles. The number of benzene rings is 2. The van der Waals surface area contributed by atoms with E-state index in [2.05, 4.69) is 46.0 Å². The molecule has 0 aliphatic carbocycles. The summed E-state index contributed by atoms with van der Waals surface area (Å²) in [6.45, 7) is 9.71. The first-order valence-electron chi connectivity index (χ1n) is 22.8.